The number of fused-ring (bicyclic) bond motifs is 1. The van der Waals surface area contributed by atoms with E-state index < -0.39 is 6.04 Å². The number of piperazine rings is 1. The Labute approximate surface area is 475 Å². The minimum atomic E-state index is -0.670. The van der Waals surface area contributed by atoms with Gasteiger partial charge < -0.3 is 59.7 Å². The number of benzene rings is 2. The number of piperidine rings is 1. The molecule has 3 fully saturated rings. The second kappa shape index (κ2) is 31.3. The summed E-state index contributed by atoms with van der Waals surface area (Å²) in [5.41, 5.74) is 7.04. The van der Waals surface area contributed by atoms with E-state index in [-0.39, 0.29) is 47.6 Å². The van der Waals surface area contributed by atoms with Gasteiger partial charge in [0.15, 0.2) is 0 Å². The quantitative estimate of drug-likeness (QED) is 0.0379. The summed E-state index contributed by atoms with van der Waals surface area (Å²) in [6.45, 7) is 13.1. The standard InChI is InChI=1S/C61H82N10O10/c1-4-44-35-53-54(67-58(44)73)33-43(37-65-53)41-69-23-25-70(26-24-69)50-17-19-52(66-39-50)60(75)63-20-27-78-29-31-80-32-30-79-28-21-64-61(76)57(45-11-7-6-8-12-45)68-59(74)47-14-9-13-46(34-47)49-15-10-22-71(42-49)56(72)40-62-38-48-16-18-51(77-3)36-55(48)81-5-2/h9,13-14,16-19,33-37,39,45,49,57,62H,4-8,10-12,15,20-32,38,40-42H2,1-3H3,(H,63,75)(H,64,76)(H,67,73)(H,68,74)/t49?,57-/m0/s1. The van der Waals surface area contributed by atoms with Gasteiger partial charge >= 0.3 is 0 Å². The number of aryl methyl sites for hydroxylation is 1. The van der Waals surface area contributed by atoms with Gasteiger partial charge in [-0.05, 0) is 98.5 Å². The second-order valence-electron chi connectivity index (χ2n) is 21.0. The molecule has 3 aromatic heterocycles. The van der Waals surface area contributed by atoms with Crippen molar-refractivity contribution in [1.82, 2.24) is 46.0 Å². The molecule has 436 valence electrons. The van der Waals surface area contributed by atoms with Crippen LogP contribution in [0.2, 0.25) is 0 Å². The van der Waals surface area contributed by atoms with Crippen molar-refractivity contribution in [2.45, 2.75) is 90.3 Å². The molecule has 20 heteroatoms. The Hall–Kier alpha value is -6.97. The minimum Gasteiger partial charge on any atom is -0.497 e. The van der Waals surface area contributed by atoms with Gasteiger partial charge in [-0.2, -0.15) is 0 Å². The average Bonchev–Trinajstić information content (AvgIpc) is 3.52. The first-order chi connectivity index (χ1) is 39.6. The van der Waals surface area contributed by atoms with Crippen LogP contribution in [0.3, 0.4) is 0 Å². The van der Waals surface area contributed by atoms with E-state index in [0.717, 1.165) is 122 Å². The Bertz CT molecular complexity index is 2890. The van der Waals surface area contributed by atoms with Crippen LogP contribution in [0.4, 0.5) is 5.69 Å². The molecule has 3 aliphatic rings. The van der Waals surface area contributed by atoms with E-state index in [1.54, 1.807) is 25.4 Å². The molecule has 8 rings (SSSR count). The Morgan fingerprint density at radius 3 is 2.25 bits per heavy atom. The third kappa shape index (κ3) is 17.8. The predicted molar refractivity (Wildman–Crippen MR) is 310 cm³/mol. The van der Waals surface area contributed by atoms with Crippen LogP contribution in [-0.2, 0) is 43.3 Å². The lowest BCUT2D eigenvalue weighted by Gasteiger charge is -2.36. The molecule has 5 heterocycles. The lowest BCUT2D eigenvalue weighted by atomic mass is 9.83. The number of pyridine rings is 3. The topological polar surface area (TPSA) is 231 Å². The Morgan fingerprint density at radius 2 is 1.52 bits per heavy atom. The molecule has 2 saturated heterocycles. The Balaban J connectivity index is 0.667. The van der Waals surface area contributed by atoms with E-state index in [2.05, 4.69) is 46.0 Å². The number of anilines is 1. The van der Waals surface area contributed by atoms with Gasteiger partial charge in [-0.3, -0.25) is 33.9 Å². The summed E-state index contributed by atoms with van der Waals surface area (Å²) in [4.78, 5) is 84.6. The summed E-state index contributed by atoms with van der Waals surface area (Å²) < 4.78 is 28.2. The second-order valence-corrected chi connectivity index (χ2v) is 21.0. The molecule has 0 bridgehead atoms. The largest absolute Gasteiger partial charge is 0.497 e. The van der Waals surface area contributed by atoms with Gasteiger partial charge in [0.2, 0.25) is 11.8 Å². The van der Waals surface area contributed by atoms with Gasteiger partial charge in [0.25, 0.3) is 17.4 Å². The fraction of sp³-hybridized carbons (Fsp3) is 0.525. The van der Waals surface area contributed by atoms with E-state index in [9.17, 15) is 24.0 Å². The third-order valence-corrected chi connectivity index (χ3v) is 15.4. The summed E-state index contributed by atoms with van der Waals surface area (Å²) in [7, 11) is 1.62. The highest BCUT2D eigenvalue weighted by Crippen LogP contribution is 2.30. The molecule has 1 unspecified atom stereocenters. The normalized spacial score (nSPS) is 16.5. The minimum absolute atomic E-state index is 0.0270. The van der Waals surface area contributed by atoms with Crippen molar-refractivity contribution in [3.63, 3.8) is 0 Å². The van der Waals surface area contributed by atoms with Crippen LogP contribution in [0.5, 0.6) is 11.5 Å². The van der Waals surface area contributed by atoms with Crippen molar-refractivity contribution in [3.05, 3.63) is 123 Å². The smallest absolute Gasteiger partial charge is 0.269 e. The number of carbonyl (C=O) groups excluding carboxylic acids is 4. The summed E-state index contributed by atoms with van der Waals surface area (Å²) >= 11 is 0. The zero-order valence-electron chi connectivity index (χ0n) is 47.4. The molecule has 2 atom stereocenters. The van der Waals surface area contributed by atoms with Crippen molar-refractivity contribution >= 4 is 40.3 Å². The molecule has 0 spiro atoms. The van der Waals surface area contributed by atoms with Crippen LogP contribution < -0.4 is 41.2 Å². The van der Waals surface area contributed by atoms with E-state index in [1.165, 1.54) is 0 Å². The van der Waals surface area contributed by atoms with E-state index >= 15 is 0 Å². The molecular formula is C61H82N10O10. The molecule has 2 aromatic carbocycles. The number of carbonyl (C=O) groups is 4. The first kappa shape index (κ1) is 60.1. The number of nitrogens with one attached hydrogen (secondary N) is 5. The maximum Gasteiger partial charge on any atom is 0.269 e. The van der Waals surface area contributed by atoms with Crippen LogP contribution in [0.1, 0.15) is 108 Å². The molecule has 5 aromatic rings. The number of nitrogens with zero attached hydrogens (tertiary/aromatic N) is 5. The number of aromatic nitrogens is 3. The molecule has 4 amide bonds. The zero-order valence-corrected chi connectivity index (χ0v) is 47.4. The van der Waals surface area contributed by atoms with Gasteiger partial charge in [-0.1, -0.05) is 44.4 Å². The number of likely N-dealkylation sites (tertiary alicyclic amines) is 1. The number of hydrogen-bond donors (Lipinski definition) is 5. The lowest BCUT2D eigenvalue weighted by Crippen LogP contribution is -2.52. The molecule has 1 aliphatic carbocycles. The fourth-order valence-corrected chi connectivity index (χ4v) is 10.9. The van der Waals surface area contributed by atoms with Crippen molar-refractivity contribution in [1.29, 1.82) is 0 Å². The number of ether oxygens (including phenoxy) is 5. The lowest BCUT2D eigenvalue weighted by molar-refractivity contribution is -0.131. The third-order valence-electron chi connectivity index (χ3n) is 15.4. The van der Waals surface area contributed by atoms with Gasteiger partial charge in [-0.15, -0.1) is 0 Å². The molecule has 0 radical (unpaired) electrons. The summed E-state index contributed by atoms with van der Waals surface area (Å²) in [6, 6.07) is 20.2. The van der Waals surface area contributed by atoms with Gasteiger partial charge in [0, 0.05) is 100 Å². The van der Waals surface area contributed by atoms with E-state index in [1.807, 2.05) is 79.5 Å². The van der Waals surface area contributed by atoms with Crippen molar-refractivity contribution in [3.8, 4) is 11.5 Å². The number of H-pyrrole nitrogens is 1. The first-order valence-corrected chi connectivity index (χ1v) is 29.0. The highest BCUT2D eigenvalue weighted by atomic mass is 16.5. The average molecular weight is 1120 g/mol. The number of aromatic amines is 1. The van der Waals surface area contributed by atoms with Crippen LogP contribution in [0, 0.1) is 5.92 Å². The van der Waals surface area contributed by atoms with Gasteiger partial charge in [0.1, 0.15) is 23.2 Å². The molecule has 20 nitrogen and oxygen atoms in total. The van der Waals surface area contributed by atoms with Crippen LogP contribution in [0.25, 0.3) is 11.0 Å². The molecule has 1 saturated carbocycles. The molecule has 2 aliphatic heterocycles. The monoisotopic (exact) mass is 1110 g/mol. The zero-order chi connectivity index (χ0) is 56.8. The Kier molecular flexibility index (Phi) is 23.2. The van der Waals surface area contributed by atoms with Crippen LogP contribution in [-0.4, -0.2) is 167 Å². The van der Waals surface area contributed by atoms with Crippen molar-refractivity contribution < 1.29 is 42.9 Å². The SMILES string of the molecule is CCOc1cc(OC)ccc1CNCC(=O)N1CCCC(c2cccc(C(=O)N[C@H](C(=O)NCCOCCOCCOCCNC(=O)c3ccc(N4CCN(Cc5cnc6cc(CC)c(=O)[nH]c6c5)CC4)cn3)C3CCCCC3)c2)C1. The maximum atomic E-state index is 13.9. The number of amides is 4. The highest BCUT2D eigenvalue weighted by molar-refractivity contribution is 5.98. The predicted octanol–water partition coefficient (Wildman–Crippen LogP) is 5.38. The van der Waals surface area contributed by atoms with Gasteiger partial charge in [-0.25, -0.2) is 4.98 Å². The number of methoxy groups -OCH3 is 1. The maximum absolute atomic E-state index is 13.9. The van der Waals surface area contributed by atoms with Gasteiger partial charge in [0.05, 0.1) is 82.8 Å². The van der Waals surface area contributed by atoms with E-state index in [4.69, 9.17) is 23.7 Å². The summed E-state index contributed by atoms with van der Waals surface area (Å²) in [5, 5.41) is 12.2. The van der Waals surface area contributed by atoms with Crippen molar-refractivity contribution in [2.75, 3.05) is 117 Å². The molecular weight excluding hydrogens is 1030 g/mol. The Morgan fingerprint density at radius 1 is 0.753 bits per heavy atom. The first-order valence-electron chi connectivity index (χ1n) is 29.0. The number of rotatable bonds is 29. The highest BCUT2D eigenvalue weighted by Gasteiger charge is 2.32. The van der Waals surface area contributed by atoms with E-state index in [0.29, 0.717) is 102 Å². The van der Waals surface area contributed by atoms with Crippen LogP contribution >= 0.6 is 0 Å². The summed E-state index contributed by atoms with van der Waals surface area (Å²) in [6.07, 6.45) is 10.9. The molecule has 5 N–H and O–H groups in total. The van der Waals surface area contributed by atoms with Crippen LogP contribution in [0.15, 0.2) is 83.9 Å². The number of hydrogen-bond acceptors (Lipinski definition) is 15. The van der Waals surface area contributed by atoms with Crippen molar-refractivity contribution in [2.24, 2.45) is 5.92 Å². The summed E-state index contributed by atoms with van der Waals surface area (Å²) in [5.74, 6) is 0.813. The fourth-order valence-electron chi connectivity index (χ4n) is 10.9. The molecule has 81 heavy (non-hydrogen) atoms.